The number of hydrogen-bond acceptors (Lipinski definition) is 5. The Morgan fingerprint density at radius 2 is 2.00 bits per heavy atom. The highest BCUT2D eigenvalue weighted by Gasteiger charge is 2.15. The van der Waals surface area contributed by atoms with E-state index in [4.69, 9.17) is 0 Å². The van der Waals surface area contributed by atoms with Gasteiger partial charge in [0.2, 0.25) is 0 Å². The first-order valence-electron chi connectivity index (χ1n) is 5.57. The highest BCUT2D eigenvalue weighted by molar-refractivity contribution is 9.10. The van der Waals surface area contributed by atoms with E-state index in [0.717, 1.165) is 10.2 Å². The van der Waals surface area contributed by atoms with Crippen molar-refractivity contribution < 1.29 is 10.0 Å². The van der Waals surface area contributed by atoms with Crippen LogP contribution < -0.4 is 5.11 Å². The summed E-state index contributed by atoms with van der Waals surface area (Å²) in [6.45, 7) is 0. The number of nitro groups is 1. The number of hydrogen-bond donors (Lipinski definition) is 0. The third-order valence-corrected chi connectivity index (χ3v) is 4.28. The summed E-state index contributed by atoms with van der Waals surface area (Å²) in [5.41, 5.74) is 0.565. The van der Waals surface area contributed by atoms with Crippen LogP contribution in [-0.2, 0) is 0 Å². The molecule has 0 bridgehead atoms. The number of para-hydroxylation sites is 1. The largest absolute Gasteiger partial charge is 0.867 e. The number of nitro benzene ring substituents is 1. The van der Waals surface area contributed by atoms with E-state index in [0.29, 0.717) is 9.48 Å². The van der Waals surface area contributed by atoms with E-state index in [-0.39, 0.29) is 5.56 Å². The van der Waals surface area contributed by atoms with Gasteiger partial charge in [-0.05, 0) is 23.9 Å². The van der Waals surface area contributed by atoms with Crippen molar-refractivity contribution in [1.82, 2.24) is 4.98 Å². The molecule has 0 atom stereocenters. The van der Waals surface area contributed by atoms with Crippen LogP contribution in [0.2, 0.25) is 0 Å². The van der Waals surface area contributed by atoms with Gasteiger partial charge < -0.3 is 5.11 Å². The van der Waals surface area contributed by atoms with Gasteiger partial charge in [0.1, 0.15) is 5.01 Å². The Morgan fingerprint density at radius 1 is 1.25 bits per heavy atom. The van der Waals surface area contributed by atoms with Gasteiger partial charge in [0.05, 0.1) is 15.1 Å². The first-order valence-corrected chi connectivity index (χ1v) is 7.18. The van der Waals surface area contributed by atoms with E-state index in [9.17, 15) is 15.2 Å². The first-order chi connectivity index (χ1) is 9.56. The topological polar surface area (TPSA) is 79.1 Å². The van der Waals surface area contributed by atoms with E-state index in [1.54, 1.807) is 6.07 Å². The van der Waals surface area contributed by atoms with Crippen molar-refractivity contribution >= 4 is 43.2 Å². The van der Waals surface area contributed by atoms with E-state index >= 15 is 0 Å². The minimum Gasteiger partial charge on any atom is -0.867 e. The lowest BCUT2D eigenvalue weighted by molar-refractivity contribution is -0.398. The molecule has 0 saturated heterocycles. The summed E-state index contributed by atoms with van der Waals surface area (Å²) in [5, 5.41) is 23.5. The Morgan fingerprint density at radius 3 is 2.70 bits per heavy atom. The maximum atomic E-state index is 12.1. The second-order valence-corrected chi connectivity index (χ2v) is 5.99. The van der Waals surface area contributed by atoms with Gasteiger partial charge in [0, 0.05) is 16.1 Å². The fourth-order valence-electron chi connectivity index (χ4n) is 1.86. The maximum Gasteiger partial charge on any atom is 0.263 e. The predicted molar refractivity (Wildman–Crippen MR) is 78.9 cm³/mol. The van der Waals surface area contributed by atoms with Gasteiger partial charge in [-0.15, -0.1) is 11.3 Å². The summed E-state index contributed by atoms with van der Waals surface area (Å²) < 4.78 is 1.42. The Hall–Kier alpha value is -1.99. The first kappa shape index (κ1) is 13.0. The van der Waals surface area contributed by atoms with E-state index in [1.165, 1.54) is 17.4 Å². The zero-order valence-corrected chi connectivity index (χ0v) is 12.3. The minimum atomic E-state index is -0.677. The molecule has 0 fully saturated rings. The number of aromatic nitrogens is 1. The van der Waals surface area contributed by atoms with Crippen LogP contribution in [-0.4, -0.2) is 9.91 Å². The molecule has 0 aliphatic heterocycles. The summed E-state index contributed by atoms with van der Waals surface area (Å²) in [6.07, 6.45) is 0. The molecule has 3 rings (SSSR count). The second-order valence-electron chi connectivity index (χ2n) is 4.05. The molecule has 0 spiro atoms. The average Bonchev–Trinajstić information content (AvgIpc) is 2.84. The van der Waals surface area contributed by atoms with Crippen LogP contribution in [0, 0.1) is 10.1 Å². The zero-order valence-electron chi connectivity index (χ0n) is 9.87. The van der Waals surface area contributed by atoms with Crippen LogP contribution in [0.15, 0.2) is 40.9 Å². The summed E-state index contributed by atoms with van der Waals surface area (Å²) in [4.78, 5) is 14.6. The van der Waals surface area contributed by atoms with Crippen molar-refractivity contribution in [3.8, 4) is 16.3 Å². The Balaban J connectivity index is 2.25. The van der Waals surface area contributed by atoms with Crippen LogP contribution in [0.3, 0.4) is 0 Å². The number of thiazole rings is 1. The average molecular weight is 350 g/mol. The molecule has 0 unspecified atom stereocenters. The number of benzene rings is 2. The molecule has 0 aliphatic carbocycles. The van der Waals surface area contributed by atoms with Gasteiger partial charge in [-0.2, -0.15) is 0 Å². The summed E-state index contributed by atoms with van der Waals surface area (Å²) in [5.74, 6) is -0.614. The molecule has 0 radical (unpaired) electrons. The lowest BCUT2D eigenvalue weighted by Crippen LogP contribution is -2.00. The highest BCUT2D eigenvalue weighted by atomic mass is 79.9. The maximum absolute atomic E-state index is 12.1. The van der Waals surface area contributed by atoms with Crippen molar-refractivity contribution in [3.63, 3.8) is 0 Å². The zero-order chi connectivity index (χ0) is 14.3. The summed E-state index contributed by atoms with van der Waals surface area (Å²) >= 11 is 4.53. The molecule has 20 heavy (non-hydrogen) atoms. The second kappa shape index (κ2) is 4.84. The molecule has 0 aliphatic rings. The molecular formula is C13H6BrN2O3S-. The Bertz CT molecular complexity index is 799. The quantitative estimate of drug-likeness (QED) is 0.521. The smallest absolute Gasteiger partial charge is 0.263 e. The molecule has 0 amide bonds. The molecule has 0 saturated carbocycles. The number of fused-ring (bicyclic) bond motifs is 1. The standard InChI is InChI=1S/C13H7BrN2O3S/c14-7-5-8(12(17)10(6-7)16(18)19)13-15-9-3-1-2-4-11(9)20-13/h1-6,17H/p-1. The molecule has 1 aromatic heterocycles. The number of rotatable bonds is 2. The monoisotopic (exact) mass is 349 g/mol. The normalized spacial score (nSPS) is 10.8. The predicted octanol–water partition coefficient (Wildman–Crippen LogP) is 3.71. The van der Waals surface area contributed by atoms with Gasteiger partial charge in [-0.25, -0.2) is 4.98 Å². The highest BCUT2D eigenvalue weighted by Crippen LogP contribution is 2.40. The number of nitrogens with zero attached hydrogens (tertiary/aromatic N) is 2. The van der Waals surface area contributed by atoms with E-state index < -0.39 is 16.4 Å². The third kappa shape index (κ3) is 2.14. The van der Waals surface area contributed by atoms with Crippen molar-refractivity contribution in [2.75, 3.05) is 0 Å². The van der Waals surface area contributed by atoms with Crippen molar-refractivity contribution in [2.24, 2.45) is 0 Å². The van der Waals surface area contributed by atoms with E-state index in [2.05, 4.69) is 20.9 Å². The number of halogens is 1. The van der Waals surface area contributed by atoms with Crippen molar-refractivity contribution in [3.05, 3.63) is 51.0 Å². The molecular weight excluding hydrogens is 344 g/mol. The molecule has 2 aromatic carbocycles. The fourth-order valence-corrected chi connectivity index (χ4v) is 3.29. The van der Waals surface area contributed by atoms with Gasteiger partial charge in [0.15, 0.2) is 0 Å². The van der Waals surface area contributed by atoms with Crippen LogP contribution in [0.5, 0.6) is 5.75 Å². The van der Waals surface area contributed by atoms with Gasteiger partial charge in [-0.1, -0.05) is 28.1 Å². The Labute approximate surface area is 125 Å². The molecule has 1 heterocycles. The molecule has 100 valence electrons. The van der Waals surface area contributed by atoms with Crippen LogP contribution in [0.4, 0.5) is 5.69 Å². The summed E-state index contributed by atoms with van der Waals surface area (Å²) in [7, 11) is 0. The van der Waals surface area contributed by atoms with Crippen LogP contribution >= 0.6 is 27.3 Å². The third-order valence-electron chi connectivity index (χ3n) is 2.76. The molecule has 3 aromatic rings. The summed E-state index contributed by atoms with van der Waals surface area (Å²) in [6, 6.07) is 10.2. The van der Waals surface area contributed by atoms with Gasteiger partial charge in [-0.3, -0.25) is 10.1 Å². The molecule has 5 nitrogen and oxygen atoms in total. The SMILES string of the molecule is O=[N+]([O-])c1cc(Br)cc(-c2nc3ccccc3s2)c1[O-]. The van der Waals surface area contributed by atoms with Crippen molar-refractivity contribution in [2.45, 2.75) is 0 Å². The van der Waals surface area contributed by atoms with E-state index in [1.807, 2.05) is 24.3 Å². The van der Waals surface area contributed by atoms with Crippen LogP contribution in [0.25, 0.3) is 20.8 Å². The van der Waals surface area contributed by atoms with Gasteiger partial charge >= 0.3 is 0 Å². The van der Waals surface area contributed by atoms with Crippen molar-refractivity contribution in [1.29, 1.82) is 0 Å². The lowest BCUT2D eigenvalue weighted by atomic mass is 10.2. The van der Waals surface area contributed by atoms with Crippen LogP contribution in [0.1, 0.15) is 0 Å². The minimum absolute atomic E-state index is 0.243. The molecule has 0 N–H and O–H groups in total. The van der Waals surface area contributed by atoms with Gasteiger partial charge in [0.25, 0.3) is 5.69 Å². The lowest BCUT2D eigenvalue weighted by Gasteiger charge is -2.12. The fraction of sp³-hybridized carbons (Fsp3) is 0. The molecule has 7 heteroatoms. The Kier molecular flexibility index (Phi) is 3.15.